The number of hydrogen-bond acceptors (Lipinski definition) is 3. The van der Waals surface area contributed by atoms with Crippen LogP contribution in [-0.2, 0) is 13.0 Å². The van der Waals surface area contributed by atoms with Gasteiger partial charge in [0.1, 0.15) is 5.82 Å². The Morgan fingerprint density at radius 2 is 1.67 bits per heavy atom. The molecule has 2 aromatic rings. The van der Waals surface area contributed by atoms with Crippen molar-refractivity contribution < 1.29 is 27.0 Å². The predicted octanol–water partition coefficient (Wildman–Crippen LogP) is 4.30. The van der Waals surface area contributed by atoms with Gasteiger partial charge in [-0.2, -0.15) is 13.2 Å². The normalized spacial score (nSPS) is 11.5. The van der Waals surface area contributed by atoms with Gasteiger partial charge in [0, 0.05) is 20.1 Å². The molecule has 0 saturated heterocycles. The highest BCUT2D eigenvalue weighted by molar-refractivity contribution is 14.0. The van der Waals surface area contributed by atoms with E-state index in [0.717, 1.165) is 11.1 Å². The molecule has 0 aliphatic heterocycles. The average Bonchev–Trinajstić information content (AvgIpc) is 2.70. The van der Waals surface area contributed by atoms with Gasteiger partial charge in [-0.05, 0) is 41.8 Å². The molecule has 0 aliphatic carbocycles. The van der Waals surface area contributed by atoms with Crippen molar-refractivity contribution in [2.24, 2.45) is 4.99 Å². The van der Waals surface area contributed by atoms with E-state index in [1.54, 1.807) is 31.3 Å². The van der Waals surface area contributed by atoms with Crippen LogP contribution in [0.2, 0.25) is 0 Å². The second-order valence-corrected chi connectivity index (χ2v) is 6.12. The van der Waals surface area contributed by atoms with Crippen LogP contribution in [0.3, 0.4) is 0 Å². The van der Waals surface area contributed by atoms with Crippen LogP contribution in [-0.4, -0.2) is 39.4 Å². The van der Waals surface area contributed by atoms with Gasteiger partial charge in [-0.3, -0.25) is 4.99 Å². The Morgan fingerprint density at radius 3 is 2.27 bits per heavy atom. The Balaban J connectivity index is 0.00000450. The van der Waals surface area contributed by atoms with Gasteiger partial charge in [-0.25, -0.2) is 4.39 Å². The molecule has 0 unspecified atom stereocenters. The van der Waals surface area contributed by atoms with E-state index in [4.69, 9.17) is 9.47 Å². The third kappa shape index (κ3) is 9.06. The Labute approximate surface area is 189 Å². The molecular weight excluding hydrogens is 517 g/mol. The molecule has 0 radical (unpaired) electrons. The molecule has 30 heavy (non-hydrogen) atoms. The summed E-state index contributed by atoms with van der Waals surface area (Å²) in [7, 11) is 2.99. The van der Waals surface area contributed by atoms with Crippen LogP contribution >= 0.6 is 24.0 Å². The van der Waals surface area contributed by atoms with E-state index in [9.17, 15) is 17.6 Å². The van der Waals surface area contributed by atoms with E-state index >= 15 is 0 Å². The fraction of sp³-hybridized carbons (Fsp3) is 0.350. The van der Waals surface area contributed by atoms with Crippen molar-refractivity contribution in [1.29, 1.82) is 0 Å². The maximum Gasteiger partial charge on any atom is 0.422 e. The van der Waals surface area contributed by atoms with Crippen molar-refractivity contribution in [3.05, 3.63) is 59.4 Å². The van der Waals surface area contributed by atoms with E-state index < -0.39 is 12.8 Å². The van der Waals surface area contributed by atoms with Gasteiger partial charge in [-0.15, -0.1) is 24.0 Å². The first-order valence-electron chi connectivity index (χ1n) is 8.86. The zero-order valence-corrected chi connectivity index (χ0v) is 18.9. The molecule has 0 fully saturated rings. The Kier molecular flexibility index (Phi) is 10.7. The van der Waals surface area contributed by atoms with Crippen molar-refractivity contribution in [3.63, 3.8) is 0 Å². The summed E-state index contributed by atoms with van der Waals surface area (Å²) in [6, 6.07) is 11.0. The average molecular weight is 541 g/mol. The van der Waals surface area contributed by atoms with Crippen LogP contribution in [0.25, 0.3) is 0 Å². The number of nitrogens with one attached hydrogen (secondary N) is 2. The molecule has 0 amide bonds. The molecule has 5 nitrogen and oxygen atoms in total. The molecule has 0 bridgehead atoms. The summed E-state index contributed by atoms with van der Waals surface area (Å²) < 4.78 is 59.8. The highest BCUT2D eigenvalue weighted by Crippen LogP contribution is 2.29. The lowest BCUT2D eigenvalue weighted by atomic mass is 10.1. The number of aliphatic imine (C=N–C) groups is 1. The van der Waals surface area contributed by atoms with Gasteiger partial charge in [0.15, 0.2) is 24.1 Å². The van der Waals surface area contributed by atoms with Crippen LogP contribution in [0.15, 0.2) is 47.5 Å². The van der Waals surface area contributed by atoms with Crippen molar-refractivity contribution in [1.82, 2.24) is 10.6 Å². The summed E-state index contributed by atoms with van der Waals surface area (Å²) in [6.45, 7) is -0.406. The van der Waals surface area contributed by atoms with Gasteiger partial charge in [0.2, 0.25) is 0 Å². The van der Waals surface area contributed by atoms with Crippen LogP contribution in [0.5, 0.6) is 11.5 Å². The molecule has 0 heterocycles. The topological polar surface area (TPSA) is 54.9 Å². The predicted molar refractivity (Wildman–Crippen MR) is 118 cm³/mol. The zero-order chi connectivity index (χ0) is 21.3. The summed E-state index contributed by atoms with van der Waals surface area (Å²) in [5.74, 6) is 0.524. The first-order valence-corrected chi connectivity index (χ1v) is 8.86. The van der Waals surface area contributed by atoms with Crippen LogP contribution in [0.1, 0.15) is 11.1 Å². The summed E-state index contributed by atoms with van der Waals surface area (Å²) >= 11 is 0. The third-order valence-electron chi connectivity index (χ3n) is 3.92. The number of guanidine groups is 1. The van der Waals surface area contributed by atoms with Crippen molar-refractivity contribution in [2.45, 2.75) is 19.1 Å². The van der Waals surface area contributed by atoms with Crippen molar-refractivity contribution in [3.8, 4) is 11.5 Å². The highest BCUT2D eigenvalue weighted by Gasteiger charge is 2.29. The monoisotopic (exact) mass is 541 g/mol. The molecule has 0 saturated carbocycles. The highest BCUT2D eigenvalue weighted by atomic mass is 127. The standard InChI is InChI=1S/C20H23F4N3O2.HI/c1-25-19(26-10-9-14-3-6-16(21)7-4-14)27-12-15-5-8-17(18(11-15)28-2)29-13-20(22,23)24;/h3-8,11H,9-10,12-13H2,1-2H3,(H2,25,26,27);1H. The van der Waals surface area contributed by atoms with Gasteiger partial charge in [-0.1, -0.05) is 18.2 Å². The second kappa shape index (κ2) is 12.5. The number of nitrogens with zero attached hydrogens (tertiary/aromatic N) is 1. The molecule has 0 aromatic heterocycles. The minimum Gasteiger partial charge on any atom is -0.493 e. The second-order valence-electron chi connectivity index (χ2n) is 6.12. The van der Waals surface area contributed by atoms with Gasteiger partial charge >= 0.3 is 6.18 Å². The van der Waals surface area contributed by atoms with Gasteiger partial charge in [0.25, 0.3) is 0 Å². The first-order chi connectivity index (χ1) is 13.8. The molecule has 2 rings (SSSR count). The molecule has 10 heteroatoms. The van der Waals surface area contributed by atoms with E-state index in [2.05, 4.69) is 15.6 Å². The maximum atomic E-state index is 12.9. The number of methoxy groups -OCH3 is 1. The van der Waals surface area contributed by atoms with E-state index in [1.165, 1.54) is 25.3 Å². The molecule has 0 atom stereocenters. The number of hydrogen-bond donors (Lipinski definition) is 2. The van der Waals surface area contributed by atoms with Crippen LogP contribution in [0.4, 0.5) is 17.6 Å². The quantitative estimate of drug-likeness (QED) is 0.227. The number of halogens is 5. The van der Waals surface area contributed by atoms with Gasteiger partial charge < -0.3 is 20.1 Å². The van der Waals surface area contributed by atoms with Crippen molar-refractivity contribution >= 4 is 29.9 Å². The lowest BCUT2D eigenvalue weighted by molar-refractivity contribution is -0.153. The molecule has 2 N–H and O–H groups in total. The summed E-state index contributed by atoms with van der Waals surface area (Å²) in [6.07, 6.45) is -3.72. The third-order valence-corrected chi connectivity index (χ3v) is 3.92. The Morgan fingerprint density at radius 1 is 1.00 bits per heavy atom. The summed E-state index contributed by atoms with van der Waals surface area (Å²) in [5, 5.41) is 6.25. The number of alkyl halides is 3. The maximum absolute atomic E-state index is 12.9. The zero-order valence-electron chi connectivity index (χ0n) is 16.6. The molecule has 166 valence electrons. The minimum atomic E-state index is -4.42. The lowest BCUT2D eigenvalue weighted by Crippen LogP contribution is -2.37. The molecule has 2 aromatic carbocycles. The molecule has 0 aliphatic rings. The number of rotatable bonds is 8. The van der Waals surface area contributed by atoms with E-state index in [0.29, 0.717) is 25.5 Å². The van der Waals surface area contributed by atoms with E-state index in [1.807, 2.05) is 0 Å². The van der Waals surface area contributed by atoms with Crippen LogP contribution < -0.4 is 20.1 Å². The van der Waals surface area contributed by atoms with Crippen molar-refractivity contribution in [2.75, 3.05) is 27.3 Å². The number of ether oxygens (including phenoxy) is 2. The fourth-order valence-electron chi connectivity index (χ4n) is 2.48. The Hall–Kier alpha value is -2.24. The minimum absolute atomic E-state index is 0. The lowest BCUT2D eigenvalue weighted by Gasteiger charge is -2.15. The Bertz CT molecular complexity index is 815. The summed E-state index contributed by atoms with van der Waals surface area (Å²) in [5.41, 5.74) is 1.77. The summed E-state index contributed by atoms with van der Waals surface area (Å²) in [4.78, 5) is 4.12. The fourth-order valence-corrected chi connectivity index (χ4v) is 2.48. The molecule has 0 spiro atoms. The van der Waals surface area contributed by atoms with Crippen LogP contribution in [0, 0.1) is 5.82 Å². The van der Waals surface area contributed by atoms with Gasteiger partial charge in [0.05, 0.1) is 7.11 Å². The largest absolute Gasteiger partial charge is 0.493 e. The molecular formula is C20H24F4IN3O2. The van der Waals surface area contributed by atoms with E-state index in [-0.39, 0.29) is 41.3 Å². The number of benzene rings is 2. The SMILES string of the molecule is CN=C(NCCc1ccc(F)cc1)NCc1ccc(OCC(F)(F)F)c(OC)c1.I. The smallest absolute Gasteiger partial charge is 0.422 e. The first kappa shape index (κ1) is 25.8.